The summed E-state index contributed by atoms with van der Waals surface area (Å²) in [5.41, 5.74) is 2.57. The Morgan fingerprint density at radius 3 is 2.12 bits per heavy atom. The van der Waals surface area contributed by atoms with Crippen LogP contribution in [0.5, 0.6) is 0 Å². The number of benzene rings is 2. The van der Waals surface area contributed by atoms with E-state index in [0.717, 1.165) is 35.6 Å². The summed E-state index contributed by atoms with van der Waals surface area (Å²) in [6, 6.07) is 14.2. The van der Waals surface area contributed by atoms with Crippen LogP contribution in [0.25, 0.3) is 21.8 Å². The quantitative estimate of drug-likeness (QED) is 0.172. The van der Waals surface area contributed by atoms with Gasteiger partial charge in [0.2, 0.25) is 0 Å². The molecule has 0 atom stereocenters. The van der Waals surface area contributed by atoms with Crippen LogP contribution in [0.2, 0.25) is 10.0 Å². The smallest absolute Gasteiger partial charge is 0.292 e. The Bertz CT molecular complexity index is 1450. The first-order valence-corrected chi connectivity index (χ1v) is 14.5. The minimum Gasteiger partial charge on any atom is -0.348 e. The Balaban J connectivity index is 0.000000264. The van der Waals surface area contributed by atoms with Crippen LogP contribution in [0, 0.1) is 0 Å². The van der Waals surface area contributed by atoms with Gasteiger partial charge in [0.25, 0.3) is 11.7 Å². The van der Waals surface area contributed by atoms with E-state index in [9.17, 15) is 9.59 Å². The fraction of sp³-hybridized carbons (Fsp3) is 0.419. The van der Waals surface area contributed by atoms with Crippen LogP contribution in [-0.2, 0) is 4.79 Å². The highest BCUT2D eigenvalue weighted by molar-refractivity contribution is 6.45. The van der Waals surface area contributed by atoms with Crippen molar-refractivity contribution < 1.29 is 9.59 Å². The molecule has 40 heavy (non-hydrogen) atoms. The zero-order valence-electron chi connectivity index (χ0n) is 23.6. The summed E-state index contributed by atoms with van der Waals surface area (Å²) in [6.07, 6.45) is 7.57. The van der Waals surface area contributed by atoms with Crippen LogP contribution in [-0.4, -0.2) is 51.9 Å². The normalized spacial score (nSPS) is 13.8. The number of carbonyl (C=O) groups excluding carboxylic acids is 2. The number of aromatic nitrogens is 2. The Hall–Kier alpha value is -2.51. The average Bonchev–Trinajstić information content (AvgIpc) is 3.50. The number of nitrogens with one attached hydrogen (secondary N) is 1. The molecule has 1 fully saturated rings. The molecule has 0 saturated carbocycles. The van der Waals surface area contributed by atoms with Crippen molar-refractivity contribution in [1.29, 1.82) is 0 Å². The number of halogens is 3. The van der Waals surface area contributed by atoms with Crippen molar-refractivity contribution in [2.24, 2.45) is 0 Å². The van der Waals surface area contributed by atoms with Crippen molar-refractivity contribution in [3.63, 3.8) is 0 Å². The second-order valence-corrected chi connectivity index (χ2v) is 11.6. The number of rotatable bonds is 7. The number of hydrogen-bond donors (Lipinski definition) is 1. The standard InChI is InChI=1S/C20H26ClN3O2.C11H12ClN.ClH/c1-14(2)24-13-17(16-12-15(21)6-7-18(16)24)19(25)20(26)22-8-11-23-9-4-3-5-10-23;1-8(2)13-6-5-9-7-10(12)3-4-11(9)13;/h6-7,12-14H,3-5,8-11H2,1-2H3,(H,22,26);3-8H,1-2H3;1H. The average molecular weight is 606 g/mol. The first kappa shape index (κ1) is 32.0. The lowest BCUT2D eigenvalue weighted by molar-refractivity contribution is -0.117. The molecule has 6 nitrogen and oxygen atoms in total. The molecule has 1 N–H and O–H groups in total. The third-order valence-corrected chi connectivity index (χ3v) is 7.67. The number of hydrogen-bond acceptors (Lipinski definition) is 3. The van der Waals surface area contributed by atoms with E-state index in [2.05, 4.69) is 47.0 Å². The molecule has 1 aliphatic rings. The van der Waals surface area contributed by atoms with Gasteiger partial charge in [-0.15, -0.1) is 12.4 Å². The minimum absolute atomic E-state index is 0. The van der Waals surface area contributed by atoms with Gasteiger partial charge in [0.05, 0.1) is 5.56 Å². The zero-order chi connectivity index (χ0) is 28.1. The van der Waals surface area contributed by atoms with Crippen LogP contribution in [0.1, 0.15) is 69.4 Å². The highest BCUT2D eigenvalue weighted by Gasteiger charge is 2.22. The van der Waals surface area contributed by atoms with Crippen molar-refractivity contribution in [2.75, 3.05) is 26.2 Å². The Morgan fingerprint density at radius 2 is 1.48 bits per heavy atom. The van der Waals surface area contributed by atoms with Gasteiger partial charge >= 0.3 is 0 Å². The van der Waals surface area contributed by atoms with E-state index in [4.69, 9.17) is 23.2 Å². The maximum atomic E-state index is 12.7. The minimum atomic E-state index is -0.551. The fourth-order valence-electron chi connectivity index (χ4n) is 5.13. The van der Waals surface area contributed by atoms with Crippen molar-refractivity contribution >= 4 is 69.1 Å². The van der Waals surface area contributed by atoms with Crippen molar-refractivity contribution in [3.05, 3.63) is 70.5 Å². The van der Waals surface area contributed by atoms with Gasteiger partial charge in [-0.1, -0.05) is 29.6 Å². The Labute approximate surface area is 253 Å². The van der Waals surface area contributed by atoms with E-state index in [0.29, 0.717) is 23.2 Å². The second-order valence-electron chi connectivity index (χ2n) is 10.7. The summed E-state index contributed by atoms with van der Waals surface area (Å²) in [5, 5.41) is 6.06. The van der Waals surface area contributed by atoms with Crippen LogP contribution in [0.3, 0.4) is 0 Å². The zero-order valence-corrected chi connectivity index (χ0v) is 26.0. The molecule has 0 radical (unpaired) electrons. The lowest BCUT2D eigenvalue weighted by Crippen LogP contribution is -2.39. The molecule has 4 aromatic rings. The summed E-state index contributed by atoms with van der Waals surface area (Å²) in [6.45, 7) is 11.9. The van der Waals surface area contributed by atoms with Gasteiger partial charge in [-0.25, -0.2) is 0 Å². The maximum absolute atomic E-state index is 12.7. The SMILES string of the molecule is CC(C)n1cc(C(=O)C(=O)NCCN2CCCCC2)c2cc(Cl)ccc21.CC(C)n1ccc2cc(Cl)ccc21.Cl. The molecular weight excluding hydrogens is 567 g/mol. The van der Waals surface area contributed by atoms with Crippen molar-refractivity contribution in [1.82, 2.24) is 19.4 Å². The molecule has 1 amide bonds. The summed E-state index contributed by atoms with van der Waals surface area (Å²) in [5.74, 6) is -1.06. The monoisotopic (exact) mass is 604 g/mol. The maximum Gasteiger partial charge on any atom is 0.292 e. The second kappa shape index (κ2) is 14.4. The lowest BCUT2D eigenvalue weighted by atomic mass is 10.1. The lowest BCUT2D eigenvalue weighted by Gasteiger charge is -2.26. The number of ketones is 1. The summed E-state index contributed by atoms with van der Waals surface area (Å²) < 4.78 is 4.24. The Kier molecular flexibility index (Phi) is 11.5. The van der Waals surface area contributed by atoms with Crippen LogP contribution in [0.4, 0.5) is 0 Å². The molecule has 3 heterocycles. The molecule has 1 aliphatic heterocycles. The van der Waals surface area contributed by atoms with Crippen LogP contribution < -0.4 is 5.32 Å². The van der Waals surface area contributed by atoms with E-state index in [1.807, 2.05) is 36.6 Å². The predicted octanol–water partition coefficient (Wildman–Crippen LogP) is 7.96. The Morgan fingerprint density at radius 1 is 0.850 bits per heavy atom. The number of amides is 1. The van der Waals surface area contributed by atoms with E-state index >= 15 is 0 Å². The van der Waals surface area contributed by atoms with Gasteiger partial charge in [0.15, 0.2) is 0 Å². The van der Waals surface area contributed by atoms with E-state index in [1.165, 1.54) is 30.2 Å². The molecule has 5 rings (SSSR count). The first-order chi connectivity index (χ1) is 18.7. The van der Waals surface area contributed by atoms with Gasteiger partial charge < -0.3 is 19.4 Å². The van der Waals surface area contributed by atoms with Gasteiger partial charge in [0.1, 0.15) is 0 Å². The largest absolute Gasteiger partial charge is 0.348 e. The molecule has 9 heteroatoms. The highest BCUT2D eigenvalue weighted by atomic mass is 35.5. The van der Waals surface area contributed by atoms with Gasteiger partial charge in [-0.2, -0.15) is 0 Å². The van der Waals surface area contributed by atoms with Crippen LogP contribution in [0.15, 0.2) is 54.9 Å². The van der Waals surface area contributed by atoms with Gasteiger partial charge in [0, 0.05) is 69.4 Å². The van der Waals surface area contributed by atoms with Crippen molar-refractivity contribution in [2.45, 2.75) is 59.0 Å². The number of carbonyl (C=O) groups is 2. The molecule has 0 aliphatic carbocycles. The van der Waals surface area contributed by atoms with Crippen LogP contribution >= 0.6 is 35.6 Å². The number of nitrogens with zero attached hydrogens (tertiary/aromatic N) is 3. The number of fused-ring (bicyclic) bond motifs is 2. The number of piperidine rings is 1. The van der Waals surface area contributed by atoms with Gasteiger partial charge in [-0.3, -0.25) is 9.59 Å². The summed E-state index contributed by atoms with van der Waals surface area (Å²) in [7, 11) is 0. The van der Waals surface area contributed by atoms with Crippen molar-refractivity contribution in [3.8, 4) is 0 Å². The topological polar surface area (TPSA) is 59.3 Å². The third kappa shape index (κ3) is 7.61. The van der Waals surface area contributed by atoms with Gasteiger partial charge in [-0.05, 0) is 96.1 Å². The third-order valence-electron chi connectivity index (χ3n) is 7.20. The van der Waals surface area contributed by atoms with E-state index < -0.39 is 11.7 Å². The molecule has 0 bridgehead atoms. The predicted molar refractivity (Wildman–Crippen MR) is 170 cm³/mol. The molecule has 1 saturated heterocycles. The van der Waals surface area contributed by atoms with E-state index in [-0.39, 0.29) is 18.4 Å². The first-order valence-electron chi connectivity index (χ1n) is 13.8. The molecule has 0 spiro atoms. The summed E-state index contributed by atoms with van der Waals surface area (Å²) in [4.78, 5) is 27.4. The van der Waals surface area contributed by atoms with E-state index in [1.54, 1.807) is 18.3 Å². The number of Topliss-reactive ketones (excluding diaryl/α,β-unsaturated/α-hetero) is 1. The molecular formula is C31H39Cl3N4O2. The highest BCUT2D eigenvalue weighted by Crippen LogP contribution is 2.28. The molecule has 2 aromatic heterocycles. The number of likely N-dealkylation sites (tertiary alicyclic amines) is 1. The molecule has 2 aromatic carbocycles. The molecule has 0 unspecified atom stereocenters. The fourth-order valence-corrected chi connectivity index (χ4v) is 5.49. The molecule has 216 valence electrons. The summed E-state index contributed by atoms with van der Waals surface area (Å²) >= 11 is 12.0.